The Morgan fingerprint density at radius 2 is 1.73 bits per heavy atom. The molecule has 0 spiro atoms. The van der Waals surface area contributed by atoms with Gasteiger partial charge in [0.15, 0.2) is 0 Å². The van der Waals surface area contributed by atoms with Crippen molar-refractivity contribution in [3.8, 4) is 12.1 Å². The molecule has 0 aromatic carbocycles. The molecule has 118 valence electrons. The SMILES string of the molecule is CC1(C)CC(N2CCCC2)=C(C#N)/C(=C(/C#N)C(F)(F)F)C1. The van der Waals surface area contributed by atoms with Gasteiger partial charge in [0.25, 0.3) is 0 Å². The highest BCUT2D eigenvalue weighted by molar-refractivity contribution is 5.54. The number of halogens is 3. The lowest BCUT2D eigenvalue weighted by Gasteiger charge is -2.37. The third-order valence-corrected chi connectivity index (χ3v) is 4.19. The van der Waals surface area contributed by atoms with Crippen molar-refractivity contribution < 1.29 is 13.2 Å². The number of rotatable bonds is 1. The fourth-order valence-corrected chi connectivity index (χ4v) is 3.25. The summed E-state index contributed by atoms with van der Waals surface area (Å²) in [5.74, 6) is 0. The van der Waals surface area contributed by atoms with Crippen molar-refractivity contribution in [1.82, 2.24) is 4.90 Å². The van der Waals surface area contributed by atoms with Gasteiger partial charge in [0.2, 0.25) is 0 Å². The first-order chi connectivity index (χ1) is 10.2. The molecule has 0 amide bonds. The zero-order valence-corrected chi connectivity index (χ0v) is 12.7. The van der Waals surface area contributed by atoms with Gasteiger partial charge in [-0.2, -0.15) is 23.7 Å². The van der Waals surface area contributed by atoms with Crippen LogP contribution in [0.1, 0.15) is 39.5 Å². The molecule has 0 N–H and O–H groups in total. The molecular formula is C16H18F3N3. The van der Waals surface area contributed by atoms with E-state index in [0.29, 0.717) is 12.1 Å². The van der Waals surface area contributed by atoms with E-state index < -0.39 is 17.2 Å². The van der Waals surface area contributed by atoms with Crippen molar-refractivity contribution in [2.45, 2.75) is 45.7 Å². The second kappa shape index (κ2) is 5.68. The fraction of sp³-hybridized carbons (Fsp3) is 0.625. The number of likely N-dealkylation sites (tertiary alicyclic amines) is 1. The molecule has 0 saturated carbocycles. The van der Waals surface area contributed by atoms with Crippen molar-refractivity contribution >= 4 is 0 Å². The second-order valence-corrected chi connectivity index (χ2v) is 6.61. The van der Waals surface area contributed by atoms with Crippen molar-refractivity contribution in [3.05, 3.63) is 22.4 Å². The van der Waals surface area contributed by atoms with Crippen LogP contribution in [0.25, 0.3) is 0 Å². The highest BCUT2D eigenvalue weighted by atomic mass is 19.4. The number of nitrogens with zero attached hydrogens (tertiary/aromatic N) is 3. The Morgan fingerprint density at radius 3 is 2.18 bits per heavy atom. The van der Waals surface area contributed by atoms with Crippen molar-refractivity contribution in [2.75, 3.05) is 13.1 Å². The van der Waals surface area contributed by atoms with E-state index in [1.165, 1.54) is 6.07 Å². The monoisotopic (exact) mass is 309 g/mol. The van der Waals surface area contributed by atoms with Crippen LogP contribution in [0.2, 0.25) is 0 Å². The van der Waals surface area contributed by atoms with Gasteiger partial charge in [-0.05, 0) is 36.7 Å². The van der Waals surface area contributed by atoms with Crippen LogP contribution in [0.15, 0.2) is 22.4 Å². The first-order valence-electron chi connectivity index (χ1n) is 7.28. The van der Waals surface area contributed by atoms with E-state index in [1.807, 2.05) is 24.8 Å². The third-order valence-electron chi connectivity index (χ3n) is 4.19. The summed E-state index contributed by atoms with van der Waals surface area (Å²) in [4.78, 5) is 2.00. The molecule has 1 heterocycles. The minimum atomic E-state index is -4.73. The lowest BCUT2D eigenvalue weighted by atomic mass is 9.72. The number of hydrogen-bond acceptors (Lipinski definition) is 3. The molecule has 3 nitrogen and oxygen atoms in total. The van der Waals surface area contributed by atoms with Gasteiger partial charge < -0.3 is 4.90 Å². The molecular weight excluding hydrogens is 291 g/mol. The van der Waals surface area contributed by atoms with Crippen LogP contribution in [-0.2, 0) is 0 Å². The van der Waals surface area contributed by atoms with E-state index >= 15 is 0 Å². The van der Waals surface area contributed by atoms with Crippen LogP contribution in [-0.4, -0.2) is 24.2 Å². The second-order valence-electron chi connectivity index (χ2n) is 6.61. The Hall–Kier alpha value is -1.95. The largest absolute Gasteiger partial charge is 0.426 e. The molecule has 0 aromatic rings. The Morgan fingerprint density at radius 1 is 1.14 bits per heavy atom. The van der Waals surface area contributed by atoms with Gasteiger partial charge in [-0.3, -0.25) is 0 Å². The zero-order chi connectivity index (χ0) is 16.5. The maximum Gasteiger partial charge on any atom is 0.426 e. The predicted molar refractivity (Wildman–Crippen MR) is 75.2 cm³/mol. The summed E-state index contributed by atoms with van der Waals surface area (Å²) in [5.41, 5.74) is -1.05. The summed E-state index contributed by atoms with van der Waals surface area (Å²) in [7, 11) is 0. The molecule has 22 heavy (non-hydrogen) atoms. The number of hydrogen-bond donors (Lipinski definition) is 0. The van der Waals surface area contributed by atoms with Gasteiger partial charge in [0.1, 0.15) is 17.7 Å². The fourth-order valence-electron chi connectivity index (χ4n) is 3.25. The summed E-state index contributed by atoms with van der Waals surface area (Å²) < 4.78 is 39.4. The minimum absolute atomic E-state index is 0.0510. The topological polar surface area (TPSA) is 50.8 Å². The molecule has 1 saturated heterocycles. The molecule has 1 aliphatic heterocycles. The third kappa shape index (κ3) is 3.11. The normalized spacial score (nSPS) is 24.0. The molecule has 0 aromatic heterocycles. The van der Waals surface area contributed by atoms with E-state index in [1.54, 1.807) is 0 Å². The van der Waals surface area contributed by atoms with E-state index in [2.05, 4.69) is 0 Å². The van der Waals surface area contributed by atoms with E-state index in [0.717, 1.165) is 25.9 Å². The minimum Gasteiger partial charge on any atom is -0.374 e. The van der Waals surface area contributed by atoms with Gasteiger partial charge in [-0.25, -0.2) is 0 Å². The number of nitriles is 2. The van der Waals surface area contributed by atoms with Gasteiger partial charge in [-0.1, -0.05) is 13.8 Å². The maximum atomic E-state index is 13.1. The van der Waals surface area contributed by atoms with Crippen LogP contribution >= 0.6 is 0 Å². The molecule has 2 rings (SSSR count). The van der Waals surface area contributed by atoms with Gasteiger partial charge in [0, 0.05) is 18.8 Å². The molecule has 0 atom stereocenters. The van der Waals surface area contributed by atoms with Crippen molar-refractivity contribution in [1.29, 1.82) is 10.5 Å². The van der Waals surface area contributed by atoms with Gasteiger partial charge >= 0.3 is 6.18 Å². The average molecular weight is 309 g/mol. The van der Waals surface area contributed by atoms with Crippen molar-refractivity contribution in [2.24, 2.45) is 5.41 Å². The average Bonchev–Trinajstić information content (AvgIpc) is 2.90. The predicted octanol–water partition coefficient (Wildman–Crippen LogP) is 4.06. The molecule has 2 aliphatic rings. The summed E-state index contributed by atoms with van der Waals surface area (Å²) in [6, 6.07) is 3.21. The maximum absolute atomic E-state index is 13.1. The van der Waals surface area contributed by atoms with E-state index in [-0.39, 0.29) is 17.6 Å². The van der Waals surface area contributed by atoms with Crippen LogP contribution in [0, 0.1) is 28.1 Å². The molecule has 1 fully saturated rings. The Kier molecular flexibility index (Phi) is 4.24. The van der Waals surface area contributed by atoms with Gasteiger partial charge in [-0.15, -0.1) is 0 Å². The lowest BCUT2D eigenvalue weighted by Crippen LogP contribution is -2.31. The molecule has 0 unspecified atom stereocenters. The molecule has 1 aliphatic carbocycles. The summed E-state index contributed by atoms with van der Waals surface area (Å²) in [6.07, 6.45) is -2.11. The van der Waals surface area contributed by atoms with Crippen LogP contribution in [0.3, 0.4) is 0 Å². The zero-order valence-electron chi connectivity index (χ0n) is 12.7. The first kappa shape index (κ1) is 16.4. The first-order valence-corrected chi connectivity index (χ1v) is 7.28. The number of alkyl halides is 3. The van der Waals surface area contributed by atoms with Crippen LogP contribution < -0.4 is 0 Å². The highest BCUT2D eigenvalue weighted by Gasteiger charge is 2.42. The van der Waals surface area contributed by atoms with Crippen LogP contribution in [0.4, 0.5) is 13.2 Å². The molecule has 0 bridgehead atoms. The summed E-state index contributed by atoms with van der Waals surface area (Å²) >= 11 is 0. The van der Waals surface area contributed by atoms with Crippen molar-refractivity contribution in [3.63, 3.8) is 0 Å². The number of allylic oxidation sites excluding steroid dienone is 4. The van der Waals surface area contributed by atoms with E-state index in [4.69, 9.17) is 5.26 Å². The quantitative estimate of drug-likeness (QED) is 0.686. The smallest absolute Gasteiger partial charge is 0.374 e. The standard InChI is InChI=1S/C16H18F3N3/c1-15(2)7-11(13(10-21)16(17,18)19)12(9-20)14(8-15)22-5-3-4-6-22/h3-8H2,1-2H3/b13-11-. The summed E-state index contributed by atoms with van der Waals surface area (Å²) in [6.45, 7) is 5.28. The Labute approximate surface area is 128 Å². The van der Waals surface area contributed by atoms with Gasteiger partial charge in [0.05, 0.1) is 5.57 Å². The molecule has 0 radical (unpaired) electrons. The molecule has 6 heteroatoms. The Balaban J connectivity index is 2.66. The lowest BCUT2D eigenvalue weighted by molar-refractivity contribution is -0.0883. The van der Waals surface area contributed by atoms with Crippen LogP contribution in [0.5, 0.6) is 0 Å². The summed E-state index contributed by atoms with van der Waals surface area (Å²) in [5, 5.41) is 18.4. The highest BCUT2D eigenvalue weighted by Crippen LogP contribution is 2.46. The van der Waals surface area contributed by atoms with E-state index in [9.17, 15) is 18.4 Å². The Bertz CT molecular complexity index is 606.